The molecule has 0 bridgehead atoms. The van der Waals surface area contributed by atoms with Crippen LogP contribution < -0.4 is 10.2 Å². The molecule has 0 aromatic carbocycles. The molecular formula is C17H26N6O2S. The molecule has 2 aromatic heterocycles. The van der Waals surface area contributed by atoms with Crippen LogP contribution in [0.1, 0.15) is 25.4 Å². The van der Waals surface area contributed by atoms with Gasteiger partial charge in [-0.3, -0.25) is 4.99 Å². The number of hydrogen-bond acceptors (Lipinski definition) is 7. The van der Waals surface area contributed by atoms with Crippen molar-refractivity contribution in [3.8, 4) is 0 Å². The van der Waals surface area contributed by atoms with Crippen molar-refractivity contribution in [2.75, 3.05) is 44.7 Å². The van der Waals surface area contributed by atoms with Crippen LogP contribution in [0.15, 0.2) is 27.8 Å². The summed E-state index contributed by atoms with van der Waals surface area (Å²) in [5.74, 6) is 2.22. The molecule has 3 rings (SSSR count). The van der Waals surface area contributed by atoms with Crippen LogP contribution in [0.5, 0.6) is 0 Å². The lowest BCUT2D eigenvalue weighted by atomic mass is 10.0. The van der Waals surface area contributed by atoms with E-state index in [1.54, 1.807) is 32.4 Å². The number of nitrogens with one attached hydrogen (secondary N) is 1. The van der Waals surface area contributed by atoms with Gasteiger partial charge in [-0.05, 0) is 19.1 Å². The number of aliphatic imine (C=N–C) groups is 1. The largest absolute Gasteiger partial charge is 0.466 e. The van der Waals surface area contributed by atoms with E-state index in [0.717, 1.165) is 49.5 Å². The lowest BCUT2D eigenvalue weighted by Crippen LogP contribution is -2.54. The first-order valence-electron chi connectivity index (χ1n) is 8.83. The van der Waals surface area contributed by atoms with Gasteiger partial charge in [0.1, 0.15) is 17.2 Å². The highest BCUT2D eigenvalue weighted by atomic mass is 32.1. The molecule has 8 nitrogen and oxygen atoms in total. The van der Waals surface area contributed by atoms with Gasteiger partial charge in [-0.2, -0.15) is 4.37 Å². The number of guanidine groups is 1. The molecule has 1 aliphatic rings. The number of furan rings is 1. The van der Waals surface area contributed by atoms with Gasteiger partial charge in [0, 0.05) is 51.2 Å². The van der Waals surface area contributed by atoms with E-state index in [4.69, 9.17) is 4.42 Å². The van der Waals surface area contributed by atoms with E-state index >= 15 is 0 Å². The number of aryl methyl sites for hydroxylation is 1. The maximum Gasteiger partial charge on any atom is 0.205 e. The minimum Gasteiger partial charge on any atom is -0.466 e. The fourth-order valence-corrected chi connectivity index (χ4v) is 3.68. The summed E-state index contributed by atoms with van der Waals surface area (Å²) in [7, 11) is 1.76. The second-order valence-corrected chi connectivity index (χ2v) is 7.20. The fourth-order valence-electron chi connectivity index (χ4n) is 2.88. The minimum absolute atomic E-state index is 0.323. The van der Waals surface area contributed by atoms with Gasteiger partial charge in [0.25, 0.3) is 0 Å². The summed E-state index contributed by atoms with van der Waals surface area (Å²) in [6.07, 6.45) is 2.43. The summed E-state index contributed by atoms with van der Waals surface area (Å²) in [6, 6.07) is 3.55. The zero-order valence-electron chi connectivity index (χ0n) is 15.5. The van der Waals surface area contributed by atoms with Crippen LogP contribution in [-0.4, -0.2) is 65.1 Å². The van der Waals surface area contributed by atoms with Gasteiger partial charge in [-0.1, -0.05) is 6.92 Å². The first-order chi connectivity index (χ1) is 12.5. The summed E-state index contributed by atoms with van der Waals surface area (Å²) < 4.78 is 9.69. The normalized spacial score (nSPS) is 18.1. The quantitative estimate of drug-likeness (QED) is 0.599. The number of hydrogen-bond donors (Lipinski definition) is 2. The maximum absolute atomic E-state index is 10.6. The van der Waals surface area contributed by atoms with Crippen molar-refractivity contribution in [3.05, 3.63) is 30.0 Å². The maximum atomic E-state index is 10.6. The Kier molecular flexibility index (Phi) is 5.77. The fraction of sp³-hybridized carbons (Fsp3) is 0.588. The van der Waals surface area contributed by atoms with Crippen molar-refractivity contribution >= 4 is 22.6 Å². The molecule has 3 heterocycles. The van der Waals surface area contributed by atoms with Crippen LogP contribution >= 0.6 is 11.5 Å². The molecule has 0 aliphatic carbocycles. The van der Waals surface area contributed by atoms with Gasteiger partial charge >= 0.3 is 0 Å². The highest BCUT2D eigenvalue weighted by Gasteiger charge is 2.28. The molecule has 2 N–H and O–H groups in total. The number of nitrogens with zero attached hydrogens (tertiary/aromatic N) is 5. The summed E-state index contributed by atoms with van der Waals surface area (Å²) in [4.78, 5) is 13.4. The van der Waals surface area contributed by atoms with Gasteiger partial charge in [-0.15, -0.1) is 0 Å². The van der Waals surface area contributed by atoms with E-state index in [-0.39, 0.29) is 0 Å². The van der Waals surface area contributed by atoms with Crippen molar-refractivity contribution in [1.29, 1.82) is 0 Å². The highest BCUT2D eigenvalue weighted by Crippen LogP contribution is 2.21. The zero-order valence-corrected chi connectivity index (χ0v) is 16.3. The Bertz CT molecular complexity index is 719. The third-order valence-electron chi connectivity index (χ3n) is 4.48. The average molecular weight is 379 g/mol. The molecular weight excluding hydrogens is 352 g/mol. The van der Waals surface area contributed by atoms with E-state index in [2.05, 4.69) is 36.4 Å². The van der Waals surface area contributed by atoms with Crippen molar-refractivity contribution in [3.63, 3.8) is 0 Å². The third-order valence-corrected chi connectivity index (χ3v) is 5.29. The molecule has 2 aromatic rings. The Hall–Kier alpha value is -2.13. The predicted octanol–water partition coefficient (Wildman–Crippen LogP) is 1.30. The smallest absolute Gasteiger partial charge is 0.205 e. The molecule has 26 heavy (non-hydrogen) atoms. The average Bonchev–Trinajstić information content (AvgIpc) is 3.35. The van der Waals surface area contributed by atoms with Gasteiger partial charge in [0.15, 0.2) is 5.96 Å². The first-order valence-corrected chi connectivity index (χ1v) is 9.60. The standard InChI is InChI=1S/C17H26N6O2S/c1-4-14-20-16(26-21-14)23-9-7-22(8-10-23)15(18-3)19-12-17(2,24)13-6-5-11-25-13/h5-6,11,24H,4,7-10,12H2,1-3H3,(H,18,19). The summed E-state index contributed by atoms with van der Waals surface area (Å²) in [5.41, 5.74) is -1.09. The number of piperazine rings is 1. The Labute approximate surface area is 157 Å². The molecule has 142 valence electrons. The van der Waals surface area contributed by atoms with Crippen LogP contribution in [0.25, 0.3) is 0 Å². The van der Waals surface area contributed by atoms with Crippen LogP contribution in [0.4, 0.5) is 5.13 Å². The van der Waals surface area contributed by atoms with Crippen molar-refractivity contribution in [1.82, 2.24) is 19.6 Å². The molecule has 1 aliphatic heterocycles. The Morgan fingerprint density at radius 2 is 2.19 bits per heavy atom. The zero-order chi connectivity index (χ0) is 18.6. The second kappa shape index (κ2) is 8.05. The number of rotatable bonds is 5. The Morgan fingerprint density at radius 1 is 1.42 bits per heavy atom. The third kappa shape index (κ3) is 4.16. The van der Waals surface area contributed by atoms with E-state index < -0.39 is 5.60 Å². The van der Waals surface area contributed by atoms with Crippen molar-refractivity contribution < 1.29 is 9.52 Å². The number of aliphatic hydroxyl groups is 1. The summed E-state index contributed by atoms with van der Waals surface area (Å²) in [6.45, 7) is 7.53. The van der Waals surface area contributed by atoms with Crippen molar-refractivity contribution in [2.24, 2.45) is 4.99 Å². The van der Waals surface area contributed by atoms with Crippen LogP contribution in [0.3, 0.4) is 0 Å². The van der Waals surface area contributed by atoms with E-state index in [1.807, 2.05) is 0 Å². The number of anilines is 1. The molecule has 0 amide bonds. The van der Waals surface area contributed by atoms with Gasteiger partial charge in [0.2, 0.25) is 5.13 Å². The lowest BCUT2D eigenvalue weighted by Gasteiger charge is -2.36. The van der Waals surface area contributed by atoms with E-state index in [0.29, 0.717) is 12.3 Å². The molecule has 1 unspecified atom stereocenters. The van der Waals surface area contributed by atoms with Crippen LogP contribution in [-0.2, 0) is 12.0 Å². The SMILES string of the molecule is CCc1nsc(N2CCN(C(=NC)NCC(C)(O)c3ccco3)CC2)n1. The molecule has 0 spiro atoms. The molecule has 1 atom stereocenters. The summed E-state index contributed by atoms with van der Waals surface area (Å²) in [5, 5.41) is 14.8. The molecule has 0 saturated carbocycles. The van der Waals surface area contributed by atoms with Gasteiger partial charge < -0.3 is 24.6 Å². The number of aromatic nitrogens is 2. The van der Waals surface area contributed by atoms with E-state index in [9.17, 15) is 5.11 Å². The van der Waals surface area contributed by atoms with Crippen LogP contribution in [0, 0.1) is 0 Å². The highest BCUT2D eigenvalue weighted by molar-refractivity contribution is 7.09. The first kappa shape index (κ1) is 18.7. The van der Waals surface area contributed by atoms with Gasteiger partial charge in [-0.25, -0.2) is 4.98 Å². The molecule has 9 heteroatoms. The molecule has 1 saturated heterocycles. The predicted molar refractivity (Wildman–Crippen MR) is 103 cm³/mol. The van der Waals surface area contributed by atoms with Crippen molar-refractivity contribution in [2.45, 2.75) is 25.9 Å². The molecule has 1 fully saturated rings. The monoisotopic (exact) mass is 378 g/mol. The Morgan fingerprint density at radius 3 is 2.77 bits per heavy atom. The minimum atomic E-state index is -1.09. The summed E-state index contributed by atoms with van der Waals surface area (Å²) >= 11 is 1.47. The van der Waals surface area contributed by atoms with Crippen LogP contribution in [0.2, 0.25) is 0 Å². The Balaban J connectivity index is 1.54. The lowest BCUT2D eigenvalue weighted by molar-refractivity contribution is 0.0379. The second-order valence-electron chi connectivity index (χ2n) is 6.47. The topological polar surface area (TPSA) is 90.0 Å². The van der Waals surface area contributed by atoms with Gasteiger partial charge in [0.05, 0.1) is 12.8 Å². The van der Waals surface area contributed by atoms with E-state index in [1.165, 1.54) is 11.5 Å². The molecule has 0 radical (unpaired) electrons.